The van der Waals surface area contributed by atoms with Gasteiger partial charge in [0.1, 0.15) is 5.82 Å². The molecular formula is C15H17ClN2O. The number of hydrogen-bond donors (Lipinski definition) is 1. The molecule has 1 N–H and O–H groups in total. The van der Waals surface area contributed by atoms with Gasteiger partial charge in [-0.05, 0) is 42.3 Å². The zero-order valence-electron chi connectivity index (χ0n) is 11.1. The number of aliphatic hydroxyl groups excluding tert-OH is 1. The normalized spacial score (nSPS) is 10.5. The Balaban J connectivity index is 2.20. The highest BCUT2D eigenvalue weighted by Crippen LogP contribution is 2.18. The van der Waals surface area contributed by atoms with Gasteiger partial charge in [0.05, 0.1) is 6.61 Å². The summed E-state index contributed by atoms with van der Waals surface area (Å²) in [6, 6.07) is 11.6. The molecule has 0 saturated carbocycles. The van der Waals surface area contributed by atoms with E-state index in [1.807, 2.05) is 55.3 Å². The highest BCUT2D eigenvalue weighted by atomic mass is 35.5. The molecule has 0 aliphatic heterocycles. The van der Waals surface area contributed by atoms with Crippen LogP contribution in [0.25, 0.3) is 0 Å². The molecule has 19 heavy (non-hydrogen) atoms. The molecule has 0 aliphatic rings. The van der Waals surface area contributed by atoms with E-state index in [4.69, 9.17) is 11.6 Å². The lowest BCUT2D eigenvalue weighted by Crippen LogP contribution is -2.18. The number of anilines is 1. The summed E-state index contributed by atoms with van der Waals surface area (Å²) in [5, 5.41) is 9.97. The number of rotatable bonds is 4. The van der Waals surface area contributed by atoms with Crippen molar-refractivity contribution in [3.8, 4) is 0 Å². The fourth-order valence-electron chi connectivity index (χ4n) is 2.00. The Morgan fingerprint density at radius 2 is 2.00 bits per heavy atom. The number of hydrogen-bond acceptors (Lipinski definition) is 3. The molecule has 1 heterocycles. The van der Waals surface area contributed by atoms with Crippen LogP contribution in [0.2, 0.25) is 5.02 Å². The average molecular weight is 277 g/mol. The fraction of sp³-hybridized carbons (Fsp3) is 0.267. The Kier molecular flexibility index (Phi) is 4.40. The van der Waals surface area contributed by atoms with Crippen molar-refractivity contribution >= 4 is 17.4 Å². The molecule has 0 amide bonds. The van der Waals surface area contributed by atoms with E-state index in [1.165, 1.54) is 0 Å². The minimum absolute atomic E-state index is 0.0291. The van der Waals surface area contributed by atoms with Gasteiger partial charge in [0, 0.05) is 24.3 Å². The molecule has 1 aromatic carbocycles. The van der Waals surface area contributed by atoms with E-state index < -0.39 is 0 Å². The minimum atomic E-state index is 0.0291. The number of aromatic nitrogens is 1. The lowest BCUT2D eigenvalue weighted by molar-refractivity contribution is 0.281. The summed E-state index contributed by atoms with van der Waals surface area (Å²) in [5.74, 6) is 0.851. The summed E-state index contributed by atoms with van der Waals surface area (Å²) in [5.41, 5.74) is 2.91. The Morgan fingerprint density at radius 3 is 2.68 bits per heavy atom. The Morgan fingerprint density at radius 1 is 1.21 bits per heavy atom. The van der Waals surface area contributed by atoms with Gasteiger partial charge >= 0.3 is 0 Å². The molecule has 0 aliphatic carbocycles. The smallest absolute Gasteiger partial charge is 0.129 e. The predicted octanol–water partition coefficient (Wildman–Crippen LogP) is 3.17. The van der Waals surface area contributed by atoms with Gasteiger partial charge in [-0.2, -0.15) is 0 Å². The highest BCUT2D eigenvalue weighted by molar-refractivity contribution is 6.30. The van der Waals surface area contributed by atoms with E-state index in [1.54, 1.807) is 0 Å². The number of nitrogens with zero attached hydrogens (tertiary/aromatic N) is 2. The van der Waals surface area contributed by atoms with E-state index in [0.29, 0.717) is 0 Å². The first kappa shape index (κ1) is 13.8. The van der Waals surface area contributed by atoms with Crippen LogP contribution in [-0.2, 0) is 13.2 Å². The third kappa shape index (κ3) is 3.69. The molecule has 0 fully saturated rings. The maximum absolute atomic E-state index is 9.23. The molecule has 0 saturated heterocycles. The molecule has 1 aromatic heterocycles. The molecule has 0 unspecified atom stereocenters. The highest BCUT2D eigenvalue weighted by Gasteiger charge is 2.06. The lowest BCUT2D eigenvalue weighted by Gasteiger charge is -2.19. The summed E-state index contributed by atoms with van der Waals surface area (Å²) in [4.78, 5) is 6.52. The summed E-state index contributed by atoms with van der Waals surface area (Å²) in [7, 11) is 1.98. The van der Waals surface area contributed by atoms with E-state index in [2.05, 4.69) is 4.98 Å². The van der Waals surface area contributed by atoms with Crippen molar-refractivity contribution in [1.82, 2.24) is 4.98 Å². The van der Waals surface area contributed by atoms with Crippen molar-refractivity contribution in [2.75, 3.05) is 11.9 Å². The van der Waals surface area contributed by atoms with Crippen molar-refractivity contribution in [3.63, 3.8) is 0 Å². The number of pyridine rings is 1. The van der Waals surface area contributed by atoms with Gasteiger partial charge in [0.15, 0.2) is 0 Å². The van der Waals surface area contributed by atoms with E-state index in [9.17, 15) is 5.11 Å². The minimum Gasteiger partial charge on any atom is -0.392 e. The van der Waals surface area contributed by atoms with Crippen LogP contribution < -0.4 is 4.90 Å². The first-order chi connectivity index (χ1) is 9.08. The van der Waals surface area contributed by atoms with Crippen LogP contribution in [0.15, 0.2) is 36.4 Å². The second-order valence-electron chi connectivity index (χ2n) is 4.62. The standard InChI is InChI=1S/C15H17ClN2O/c1-11-6-13(10-19)8-15(17-11)18(2)9-12-4-3-5-14(16)7-12/h3-8,19H,9-10H2,1-2H3. The first-order valence-corrected chi connectivity index (χ1v) is 6.50. The SMILES string of the molecule is Cc1cc(CO)cc(N(C)Cc2cccc(Cl)c2)n1. The van der Waals surface area contributed by atoms with Crippen LogP contribution in [0, 0.1) is 6.92 Å². The van der Waals surface area contributed by atoms with Gasteiger partial charge in [-0.25, -0.2) is 4.98 Å². The first-order valence-electron chi connectivity index (χ1n) is 6.12. The number of halogens is 1. The summed E-state index contributed by atoms with van der Waals surface area (Å²) in [6.07, 6.45) is 0. The zero-order chi connectivity index (χ0) is 13.8. The quantitative estimate of drug-likeness (QED) is 0.932. The third-order valence-corrected chi connectivity index (χ3v) is 3.12. The molecular weight excluding hydrogens is 260 g/mol. The van der Waals surface area contributed by atoms with Crippen LogP contribution in [0.4, 0.5) is 5.82 Å². The fourth-order valence-corrected chi connectivity index (χ4v) is 2.21. The van der Waals surface area contributed by atoms with Gasteiger partial charge in [-0.1, -0.05) is 23.7 Å². The maximum atomic E-state index is 9.23. The van der Waals surface area contributed by atoms with Crippen LogP contribution >= 0.6 is 11.6 Å². The van der Waals surface area contributed by atoms with Gasteiger partial charge in [-0.15, -0.1) is 0 Å². The van der Waals surface area contributed by atoms with Crippen LogP contribution in [-0.4, -0.2) is 17.1 Å². The van der Waals surface area contributed by atoms with Gasteiger partial charge in [-0.3, -0.25) is 0 Å². The topological polar surface area (TPSA) is 36.4 Å². The Hall–Kier alpha value is -1.58. The third-order valence-electron chi connectivity index (χ3n) is 2.88. The van der Waals surface area contributed by atoms with Crippen LogP contribution in [0.1, 0.15) is 16.8 Å². The monoisotopic (exact) mass is 276 g/mol. The second kappa shape index (κ2) is 6.04. The number of aryl methyl sites for hydroxylation is 1. The van der Waals surface area contributed by atoms with Crippen molar-refractivity contribution in [3.05, 3.63) is 58.2 Å². The van der Waals surface area contributed by atoms with E-state index in [-0.39, 0.29) is 6.61 Å². The molecule has 0 radical (unpaired) electrons. The molecule has 4 heteroatoms. The predicted molar refractivity (Wildman–Crippen MR) is 78.5 cm³/mol. The molecule has 0 spiro atoms. The molecule has 0 bridgehead atoms. The van der Waals surface area contributed by atoms with E-state index in [0.717, 1.165) is 34.2 Å². The summed E-state index contributed by atoms with van der Waals surface area (Å²) < 4.78 is 0. The largest absolute Gasteiger partial charge is 0.392 e. The Bertz CT molecular complexity index is 572. The lowest BCUT2D eigenvalue weighted by atomic mass is 10.2. The molecule has 100 valence electrons. The average Bonchev–Trinajstić information content (AvgIpc) is 2.38. The van der Waals surface area contributed by atoms with Crippen molar-refractivity contribution in [1.29, 1.82) is 0 Å². The summed E-state index contributed by atoms with van der Waals surface area (Å²) >= 11 is 5.98. The van der Waals surface area contributed by atoms with Crippen molar-refractivity contribution < 1.29 is 5.11 Å². The van der Waals surface area contributed by atoms with Gasteiger partial charge in [0.25, 0.3) is 0 Å². The molecule has 2 rings (SSSR count). The van der Waals surface area contributed by atoms with Gasteiger partial charge in [0.2, 0.25) is 0 Å². The van der Waals surface area contributed by atoms with Gasteiger partial charge < -0.3 is 10.0 Å². The maximum Gasteiger partial charge on any atom is 0.129 e. The van der Waals surface area contributed by atoms with Crippen molar-refractivity contribution in [2.24, 2.45) is 0 Å². The van der Waals surface area contributed by atoms with Crippen LogP contribution in [0.5, 0.6) is 0 Å². The summed E-state index contributed by atoms with van der Waals surface area (Å²) in [6.45, 7) is 2.68. The molecule has 2 aromatic rings. The number of aliphatic hydroxyl groups is 1. The molecule has 3 nitrogen and oxygen atoms in total. The number of benzene rings is 1. The van der Waals surface area contributed by atoms with E-state index >= 15 is 0 Å². The van der Waals surface area contributed by atoms with Crippen LogP contribution in [0.3, 0.4) is 0 Å². The Labute approximate surface area is 118 Å². The van der Waals surface area contributed by atoms with Crippen molar-refractivity contribution in [2.45, 2.75) is 20.1 Å². The molecule has 0 atom stereocenters. The second-order valence-corrected chi connectivity index (χ2v) is 5.06. The zero-order valence-corrected chi connectivity index (χ0v) is 11.9.